The number of carboxylic acids is 1. The molecule has 1 aromatic carbocycles. The van der Waals surface area contributed by atoms with Gasteiger partial charge in [0.05, 0.1) is 12.5 Å². The molecule has 2 saturated heterocycles. The van der Waals surface area contributed by atoms with Crippen LogP contribution < -0.4 is 5.73 Å². The van der Waals surface area contributed by atoms with Crippen LogP contribution in [0.3, 0.4) is 0 Å². The van der Waals surface area contributed by atoms with Gasteiger partial charge in [-0.1, -0.05) is 37.6 Å². The summed E-state index contributed by atoms with van der Waals surface area (Å²) in [5.41, 5.74) is 7.89. The largest absolute Gasteiger partial charge is 0.481 e. The van der Waals surface area contributed by atoms with Gasteiger partial charge in [0.25, 0.3) is 0 Å². The van der Waals surface area contributed by atoms with Crippen molar-refractivity contribution >= 4 is 23.8 Å². The summed E-state index contributed by atoms with van der Waals surface area (Å²) in [6.45, 7) is 3.90. The Balaban J connectivity index is 1.59. The molecule has 0 radical (unpaired) electrons. The average molecular weight is 473 g/mol. The number of ether oxygens (including phenoxy) is 1. The van der Waals surface area contributed by atoms with Crippen molar-refractivity contribution in [2.75, 3.05) is 26.7 Å². The van der Waals surface area contributed by atoms with E-state index in [0.29, 0.717) is 44.7 Å². The van der Waals surface area contributed by atoms with E-state index in [0.717, 1.165) is 24.0 Å². The summed E-state index contributed by atoms with van der Waals surface area (Å²) in [6, 6.07) is 7.52. The quantitative estimate of drug-likeness (QED) is 0.323. The van der Waals surface area contributed by atoms with Crippen LogP contribution >= 0.6 is 0 Å². The van der Waals surface area contributed by atoms with Crippen molar-refractivity contribution in [3.8, 4) is 0 Å². The fourth-order valence-electron chi connectivity index (χ4n) is 4.58. The Hall–Kier alpha value is -3.10. The van der Waals surface area contributed by atoms with Crippen molar-refractivity contribution in [1.82, 2.24) is 9.80 Å². The van der Waals surface area contributed by atoms with Crippen LogP contribution in [0.2, 0.25) is 0 Å². The number of nitrogens with two attached hydrogens (primary N) is 1. The Morgan fingerprint density at radius 3 is 2.47 bits per heavy atom. The minimum absolute atomic E-state index is 0.0544. The third kappa shape index (κ3) is 6.71. The number of hydrogen-bond acceptors (Lipinski definition) is 5. The number of hydrogen-bond donors (Lipinski definition) is 2. The second-order valence-electron chi connectivity index (χ2n) is 9.24. The van der Waals surface area contributed by atoms with Gasteiger partial charge in [-0.2, -0.15) is 0 Å². The lowest BCUT2D eigenvalue weighted by atomic mass is 9.92. The third-order valence-electron chi connectivity index (χ3n) is 6.73. The normalized spacial score (nSPS) is 21.9. The van der Waals surface area contributed by atoms with Gasteiger partial charge < -0.3 is 25.4 Å². The first-order chi connectivity index (χ1) is 16.3. The molecule has 2 fully saturated rings. The second-order valence-corrected chi connectivity index (χ2v) is 9.24. The highest BCUT2D eigenvalue weighted by molar-refractivity contribution is 5.97. The number of aliphatic carboxylic acids is 1. The van der Waals surface area contributed by atoms with Gasteiger partial charge in [0.1, 0.15) is 11.9 Å². The van der Waals surface area contributed by atoms with Gasteiger partial charge in [-0.15, -0.1) is 0 Å². The van der Waals surface area contributed by atoms with Crippen molar-refractivity contribution in [2.45, 2.75) is 64.0 Å². The van der Waals surface area contributed by atoms with Crippen molar-refractivity contribution < 1.29 is 24.2 Å². The van der Waals surface area contributed by atoms with Crippen LogP contribution in [-0.4, -0.2) is 71.5 Å². The van der Waals surface area contributed by atoms with Crippen molar-refractivity contribution in [2.24, 2.45) is 16.6 Å². The summed E-state index contributed by atoms with van der Waals surface area (Å²) < 4.78 is 5.53. The zero-order chi connectivity index (χ0) is 24.7. The summed E-state index contributed by atoms with van der Waals surface area (Å²) in [4.78, 5) is 44.0. The van der Waals surface area contributed by atoms with E-state index in [1.54, 1.807) is 16.8 Å². The Morgan fingerprint density at radius 1 is 1.18 bits per heavy atom. The molecule has 9 heteroatoms. The number of rotatable bonds is 9. The molecule has 2 atom stereocenters. The Labute approximate surface area is 201 Å². The van der Waals surface area contributed by atoms with E-state index in [2.05, 4.69) is 11.9 Å². The number of carbonyl (C=O) groups is 3. The van der Waals surface area contributed by atoms with Gasteiger partial charge in [-0.05, 0) is 30.7 Å². The molecule has 0 bridgehead atoms. The van der Waals surface area contributed by atoms with E-state index >= 15 is 0 Å². The molecule has 1 aromatic rings. The Morgan fingerprint density at radius 2 is 1.85 bits per heavy atom. The SMILES string of the molecule is CCCCN=C(N)c1ccc(C2CC(CC(=O)N3CCC(CC(=O)O)CC3)OC(=O)N2C)cc1. The van der Waals surface area contributed by atoms with Crippen molar-refractivity contribution in [3.05, 3.63) is 35.4 Å². The number of carbonyl (C=O) groups excluding carboxylic acids is 2. The molecule has 3 rings (SSSR count). The van der Waals surface area contributed by atoms with E-state index < -0.39 is 18.2 Å². The minimum atomic E-state index is -0.798. The molecule has 2 heterocycles. The molecular weight excluding hydrogens is 436 g/mol. The molecule has 9 nitrogen and oxygen atoms in total. The molecule has 186 valence electrons. The maximum Gasteiger partial charge on any atom is 0.410 e. The number of carboxylic acid groups (broad SMARTS) is 1. The molecular formula is C25H36N4O5. The third-order valence-corrected chi connectivity index (χ3v) is 6.73. The van der Waals surface area contributed by atoms with E-state index in [1.807, 2.05) is 24.3 Å². The molecule has 2 unspecified atom stereocenters. The van der Waals surface area contributed by atoms with E-state index in [1.165, 1.54) is 0 Å². The Kier molecular flexibility index (Phi) is 8.90. The van der Waals surface area contributed by atoms with Crippen LogP contribution in [-0.2, 0) is 14.3 Å². The summed E-state index contributed by atoms with van der Waals surface area (Å²) in [5.74, 6) is -0.234. The lowest BCUT2D eigenvalue weighted by Gasteiger charge is -2.38. The molecule has 0 aromatic heterocycles. The number of amides is 2. The molecule has 3 N–H and O–H groups in total. The van der Waals surface area contributed by atoms with Crippen LogP contribution in [0.1, 0.15) is 69.0 Å². The van der Waals surface area contributed by atoms with Crippen molar-refractivity contribution in [3.63, 3.8) is 0 Å². The molecule has 2 aliphatic rings. The van der Waals surface area contributed by atoms with Gasteiger partial charge in [-0.25, -0.2) is 4.79 Å². The van der Waals surface area contributed by atoms with Crippen molar-refractivity contribution in [1.29, 1.82) is 0 Å². The van der Waals surface area contributed by atoms with Gasteiger partial charge in [0.2, 0.25) is 5.91 Å². The zero-order valence-electron chi connectivity index (χ0n) is 20.1. The summed E-state index contributed by atoms with van der Waals surface area (Å²) in [7, 11) is 1.70. The Bertz CT molecular complexity index is 893. The molecule has 2 amide bonds. The fraction of sp³-hybridized carbons (Fsp3) is 0.600. The zero-order valence-corrected chi connectivity index (χ0v) is 20.1. The van der Waals surface area contributed by atoms with Gasteiger partial charge in [0.15, 0.2) is 0 Å². The number of cyclic esters (lactones) is 1. The highest BCUT2D eigenvalue weighted by Crippen LogP contribution is 2.32. The van der Waals surface area contributed by atoms with Gasteiger partial charge in [-0.3, -0.25) is 14.6 Å². The lowest BCUT2D eigenvalue weighted by Crippen LogP contribution is -2.45. The summed E-state index contributed by atoms with van der Waals surface area (Å²) in [6.07, 6.45) is 3.28. The molecule has 2 aliphatic heterocycles. The van der Waals surface area contributed by atoms with Gasteiger partial charge >= 0.3 is 12.1 Å². The van der Waals surface area contributed by atoms with Crippen LogP contribution in [0.5, 0.6) is 0 Å². The first kappa shape index (κ1) is 25.5. The predicted octanol–water partition coefficient (Wildman–Crippen LogP) is 3.18. The first-order valence-electron chi connectivity index (χ1n) is 12.1. The van der Waals surface area contributed by atoms with E-state index in [-0.39, 0.29) is 30.7 Å². The lowest BCUT2D eigenvalue weighted by molar-refractivity contribution is -0.139. The summed E-state index contributed by atoms with van der Waals surface area (Å²) >= 11 is 0. The number of benzene rings is 1. The molecule has 0 spiro atoms. The molecule has 0 saturated carbocycles. The number of likely N-dealkylation sites (tertiary alicyclic amines) is 1. The van der Waals surface area contributed by atoms with Crippen LogP contribution in [0, 0.1) is 5.92 Å². The molecule has 34 heavy (non-hydrogen) atoms. The second kappa shape index (κ2) is 11.9. The topological polar surface area (TPSA) is 126 Å². The number of piperidine rings is 1. The fourth-order valence-corrected chi connectivity index (χ4v) is 4.58. The average Bonchev–Trinajstić information content (AvgIpc) is 2.81. The number of aliphatic imine (C=N–C) groups is 1. The predicted molar refractivity (Wildman–Crippen MR) is 129 cm³/mol. The minimum Gasteiger partial charge on any atom is -0.481 e. The van der Waals surface area contributed by atoms with Crippen LogP contribution in [0.15, 0.2) is 29.3 Å². The monoisotopic (exact) mass is 472 g/mol. The van der Waals surface area contributed by atoms with E-state index in [9.17, 15) is 14.4 Å². The first-order valence-corrected chi connectivity index (χ1v) is 12.1. The standard InChI is InChI=1S/C25H36N4O5/c1-3-4-11-27-24(26)19-7-5-18(6-8-19)21-15-20(34-25(33)28(21)2)16-22(30)29-12-9-17(10-13-29)14-23(31)32/h5-8,17,20-21H,3-4,9-16H2,1-2H3,(H2,26,27)(H,31,32). The number of amidine groups is 1. The van der Waals surface area contributed by atoms with Crippen LogP contribution in [0.4, 0.5) is 4.79 Å². The molecule has 0 aliphatic carbocycles. The smallest absolute Gasteiger partial charge is 0.410 e. The van der Waals surface area contributed by atoms with Gasteiger partial charge in [0, 0.05) is 45.1 Å². The summed E-state index contributed by atoms with van der Waals surface area (Å²) in [5, 5.41) is 8.96. The highest BCUT2D eigenvalue weighted by atomic mass is 16.6. The van der Waals surface area contributed by atoms with E-state index in [4.69, 9.17) is 15.6 Å². The maximum absolute atomic E-state index is 12.8. The van der Waals surface area contributed by atoms with Crippen LogP contribution in [0.25, 0.3) is 0 Å². The maximum atomic E-state index is 12.8. The number of unbranched alkanes of at least 4 members (excludes halogenated alkanes) is 1. The highest BCUT2D eigenvalue weighted by Gasteiger charge is 2.36. The number of nitrogens with zero attached hydrogens (tertiary/aromatic N) is 3.